The number of aryl methyl sites for hydroxylation is 2. The molecule has 0 radical (unpaired) electrons. The number of anilines is 1. The van der Waals surface area contributed by atoms with Crippen LogP contribution in [0.3, 0.4) is 0 Å². The predicted octanol–water partition coefficient (Wildman–Crippen LogP) is 5.34. The first-order chi connectivity index (χ1) is 15.7. The number of amides is 1. The third-order valence-electron chi connectivity index (χ3n) is 5.55. The summed E-state index contributed by atoms with van der Waals surface area (Å²) in [5.41, 5.74) is 4.12. The standard InChI is InChI=1S/C25H25N3O3S2/c1-16(2)33(30,31)21-10-7-8-19(14-21)24(29)28(15-20-9-5-6-11-26-20)25-27-22-12-17(3)18(4)13-23(22)32-25/h5-14,16H,15H2,1-4H3. The Morgan fingerprint density at radius 1 is 1.03 bits per heavy atom. The van der Waals surface area contributed by atoms with Crippen molar-refractivity contribution < 1.29 is 13.2 Å². The second-order valence-corrected chi connectivity index (χ2v) is 11.7. The molecule has 0 fully saturated rings. The molecule has 0 aliphatic heterocycles. The van der Waals surface area contributed by atoms with Crippen LogP contribution in [0.5, 0.6) is 0 Å². The molecule has 170 valence electrons. The molecule has 33 heavy (non-hydrogen) atoms. The van der Waals surface area contributed by atoms with Crippen molar-refractivity contribution in [2.75, 3.05) is 4.90 Å². The van der Waals surface area contributed by atoms with E-state index in [1.165, 1.54) is 23.5 Å². The molecule has 0 N–H and O–H groups in total. The number of benzene rings is 2. The number of nitrogens with zero attached hydrogens (tertiary/aromatic N) is 3. The van der Waals surface area contributed by atoms with Gasteiger partial charge >= 0.3 is 0 Å². The van der Waals surface area contributed by atoms with Gasteiger partial charge in [0.1, 0.15) is 0 Å². The Morgan fingerprint density at radius 2 is 1.79 bits per heavy atom. The maximum atomic E-state index is 13.7. The molecule has 2 heterocycles. The fourth-order valence-electron chi connectivity index (χ4n) is 3.40. The summed E-state index contributed by atoms with van der Waals surface area (Å²) in [4.78, 5) is 24.5. The zero-order valence-corrected chi connectivity index (χ0v) is 20.6. The first-order valence-corrected chi connectivity index (χ1v) is 13.0. The maximum Gasteiger partial charge on any atom is 0.260 e. The van der Waals surface area contributed by atoms with Crippen molar-refractivity contribution in [3.8, 4) is 0 Å². The number of fused-ring (bicyclic) bond motifs is 1. The van der Waals surface area contributed by atoms with E-state index in [0.717, 1.165) is 21.3 Å². The largest absolute Gasteiger partial charge is 0.278 e. The summed E-state index contributed by atoms with van der Waals surface area (Å²) in [7, 11) is -3.51. The molecule has 0 unspecified atom stereocenters. The van der Waals surface area contributed by atoms with E-state index in [-0.39, 0.29) is 17.3 Å². The van der Waals surface area contributed by atoms with Crippen molar-refractivity contribution in [1.29, 1.82) is 0 Å². The third kappa shape index (κ3) is 4.67. The van der Waals surface area contributed by atoms with Crippen LogP contribution < -0.4 is 4.90 Å². The molecule has 4 rings (SSSR count). The lowest BCUT2D eigenvalue weighted by molar-refractivity contribution is 0.0984. The molecule has 0 saturated heterocycles. The second kappa shape index (κ2) is 9.03. The number of pyridine rings is 1. The Hall–Kier alpha value is -3.10. The topological polar surface area (TPSA) is 80.2 Å². The molecule has 0 aliphatic rings. The lowest BCUT2D eigenvalue weighted by Crippen LogP contribution is -2.31. The quantitative estimate of drug-likeness (QED) is 0.373. The lowest BCUT2D eigenvalue weighted by Gasteiger charge is -2.20. The summed E-state index contributed by atoms with van der Waals surface area (Å²) >= 11 is 1.43. The Labute approximate surface area is 197 Å². The Bertz CT molecular complexity index is 1390. The number of carbonyl (C=O) groups is 1. The minimum Gasteiger partial charge on any atom is -0.278 e. The highest BCUT2D eigenvalue weighted by molar-refractivity contribution is 7.92. The van der Waals surface area contributed by atoms with Crippen molar-refractivity contribution in [2.24, 2.45) is 0 Å². The van der Waals surface area contributed by atoms with Crippen molar-refractivity contribution in [3.63, 3.8) is 0 Å². The van der Waals surface area contributed by atoms with Crippen LogP contribution in [0.15, 0.2) is 65.7 Å². The summed E-state index contributed by atoms with van der Waals surface area (Å²) in [5, 5.41) is -0.0361. The third-order valence-corrected chi connectivity index (χ3v) is 8.74. The zero-order valence-electron chi connectivity index (χ0n) is 18.9. The van der Waals surface area contributed by atoms with E-state index in [4.69, 9.17) is 4.98 Å². The normalized spacial score (nSPS) is 11.8. The summed E-state index contributed by atoms with van der Waals surface area (Å²) in [5.74, 6) is -0.325. The molecule has 0 spiro atoms. The molecule has 1 amide bonds. The molecule has 4 aromatic rings. The Kier molecular flexibility index (Phi) is 6.32. The minimum absolute atomic E-state index is 0.136. The number of aromatic nitrogens is 2. The average molecular weight is 480 g/mol. The summed E-state index contributed by atoms with van der Waals surface area (Å²) in [6, 6.07) is 15.8. The molecule has 2 aromatic heterocycles. The molecule has 8 heteroatoms. The van der Waals surface area contributed by atoms with E-state index in [9.17, 15) is 13.2 Å². The fraction of sp³-hybridized carbons (Fsp3) is 0.240. The van der Waals surface area contributed by atoms with Gasteiger partial charge in [-0.15, -0.1) is 0 Å². The average Bonchev–Trinajstić information content (AvgIpc) is 3.20. The molecular formula is C25H25N3O3S2. The zero-order chi connectivity index (χ0) is 23.8. The van der Waals surface area contributed by atoms with E-state index in [0.29, 0.717) is 16.4 Å². The van der Waals surface area contributed by atoms with Crippen LogP contribution in [0.1, 0.15) is 41.0 Å². The van der Waals surface area contributed by atoms with E-state index < -0.39 is 15.1 Å². The first kappa shape index (κ1) is 23.1. The number of rotatable bonds is 6. The molecule has 0 atom stereocenters. The van der Waals surface area contributed by atoms with Gasteiger partial charge in [0.15, 0.2) is 15.0 Å². The number of thiazole rings is 1. The van der Waals surface area contributed by atoms with Gasteiger partial charge in [-0.3, -0.25) is 14.7 Å². The highest BCUT2D eigenvalue weighted by Crippen LogP contribution is 2.32. The fourth-order valence-corrected chi connectivity index (χ4v) is 5.54. The van der Waals surface area contributed by atoms with E-state index in [2.05, 4.69) is 11.1 Å². The number of hydrogen-bond acceptors (Lipinski definition) is 6. The maximum absolute atomic E-state index is 13.7. The van der Waals surface area contributed by atoms with Gasteiger partial charge in [-0.25, -0.2) is 13.4 Å². The lowest BCUT2D eigenvalue weighted by atomic mass is 10.1. The van der Waals surface area contributed by atoms with Crippen LogP contribution in [0.25, 0.3) is 10.2 Å². The van der Waals surface area contributed by atoms with Gasteiger partial charge in [-0.2, -0.15) is 0 Å². The second-order valence-electron chi connectivity index (χ2n) is 8.23. The first-order valence-electron chi connectivity index (χ1n) is 10.6. The number of sulfone groups is 1. The van der Waals surface area contributed by atoms with Crippen LogP contribution in [0, 0.1) is 13.8 Å². The Balaban J connectivity index is 1.80. The molecule has 0 aliphatic carbocycles. The van der Waals surface area contributed by atoms with Crippen molar-refractivity contribution in [1.82, 2.24) is 9.97 Å². The van der Waals surface area contributed by atoms with E-state index in [1.54, 1.807) is 37.1 Å². The van der Waals surface area contributed by atoms with E-state index >= 15 is 0 Å². The highest BCUT2D eigenvalue weighted by Gasteiger charge is 2.25. The number of carbonyl (C=O) groups excluding carboxylic acids is 1. The number of hydrogen-bond donors (Lipinski definition) is 0. The SMILES string of the molecule is Cc1cc2nc(N(Cc3ccccn3)C(=O)c3cccc(S(=O)(=O)C(C)C)c3)sc2cc1C. The van der Waals surface area contributed by atoms with Gasteiger partial charge in [0.25, 0.3) is 5.91 Å². The van der Waals surface area contributed by atoms with Gasteiger partial charge < -0.3 is 0 Å². The van der Waals surface area contributed by atoms with E-state index in [1.807, 2.05) is 38.1 Å². The van der Waals surface area contributed by atoms with Gasteiger partial charge in [0.2, 0.25) is 0 Å². The minimum atomic E-state index is -3.51. The Morgan fingerprint density at radius 3 is 2.48 bits per heavy atom. The molecular weight excluding hydrogens is 454 g/mol. The van der Waals surface area contributed by atoms with Crippen molar-refractivity contribution in [3.05, 3.63) is 83.2 Å². The molecule has 0 bridgehead atoms. The monoisotopic (exact) mass is 479 g/mol. The van der Waals surface area contributed by atoms with Crippen molar-refractivity contribution in [2.45, 2.75) is 44.4 Å². The van der Waals surface area contributed by atoms with Crippen LogP contribution in [-0.4, -0.2) is 29.5 Å². The van der Waals surface area contributed by atoms with Crippen LogP contribution in [0.2, 0.25) is 0 Å². The van der Waals surface area contributed by atoms with Gasteiger partial charge in [0, 0.05) is 11.8 Å². The van der Waals surface area contributed by atoms with Gasteiger partial charge in [-0.1, -0.05) is 23.5 Å². The van der Waals surface area contributed by atoms with Crippen molar-refractivity contribution >= 4 is 42.4 Å². The van der Waals surface area contributed by atoms with Crippen LogP contribution in [0.4, 0.5) is 5.13 Å². The summed E-state index contributed by atoms with van der Waals surface area (Å²) in [6.07, 6.45) is 1.68. The molecule has 0 saturated carbocycles. The smallest absolute Gasteiger partial charge is 0.260 e. The van der Waals surface area contributed by atoms with Gasteiger partial charge in [-0.05, 0) is 81.3 Å². The molecule has 2 aromatic carbocycles. The van der Waals surface area contributed by atoms with Crippen LogP contribution in [-0.2, 0) is 16.4 Å². The summed E-state index contributed by atoms with van der Waals surface area (Å²) in [6.45, 7) is 7.56. The van der Waals surface area contributed by atoms with Gasteiger partial charge in [0.05, 0.1) is 32.6 Å². The van der Waals surface area contributed by atoms with Crippen LogP contribution >= 0.6 is 11.3 Å². The predicted molar refractivity (Wildman–Crippen MR) is 133 cm³/mol. The highest BCUT2D eigenvalue weighted by atomic mass is 32.2. The summed E-state index contributed by atoms with van der Waals surface area (Å²) < 4.78 is 26.3. The molecule has 6 nitrogen and oxygen atoms in total.